The van der Waals surface area contributed by atoms with Crippen LogP contribution >= 0.6 is 39.3 Å². The molecule has 0 aliphatic carbocycles. The van der Waals surface area contributed by atoms with Crippen molar-refractivity contribution in [3.05, 3.63) is 69.4 Å². The monoisotopic (exact) mass is 450 g/mol. The summed E-state index contributed by atoms with van der Waals surface area (Å²) in [5.74, 6) is 0.405. The van der Waals surface area contributed by atoms with Gasteiger partial charge in [0.15, 0.2) is 6.61 Å². The number of ether oxygens (including phenoxy) is 1. The van der Waals surface area contributed by atoms with Gasteiger partial charge in [-0.2, -0.15) is 5.10 Å². The summed E-state index contributed by atoms with van der Waals surface area (Å²) in [5.41, 5.74) is 1.60. The zero-order valence-corrected chi connectivity index (χ0v) is 17.4. The molecule has 3 rings (SSSR count). The van der Waals surface area contributed by atoms with Crippen molar-refractivity contribution in [3.8, 4) is 5.75 Å². The van der Waals surface area contributed by atoms with Crippen molar-refractivity contribution in [2.75, 3.05) is 6.61 Å². The van der Waals surface area contributed by atoms with Gasteiger partial charge < -0.3 is 4.74 Å². The van der Waals surface area contributed by atoms with Crippen molar-refractivity contribution in [1.29, 1.82) is 0 Å². The number of aromatic nitrogens is 2. The highest BCUT2D eigenvalue weighted by atomic mass is 79.9. The van der Waals surface area contributed by atoms with Crippen LogP contribution in [-0.2, 0) is 0 Å². The van der Waals surface area contributed by atoms with Gasteiger partial charge in [-0.15, -0.1) is 0 Å². The first kappa shape index (κ1) is 19.0. The van der Waals surface area contributed by atoms with Gasteiger partial charge in [-0.3, -0.25) is 4.79 Å². The Balaban J connectivity index is 1.75. The highest BCUT2D eigenvalue weighted by molar-refractivity contribution is 9.10. The highest BCUT2D eigenvalue weighted by Gasteiger charge is 2.18. The number of nitrogens with zero attached hydrogens (tertiary/aromatic N) is 2. The van der Waals surface area contributed by atoms with Crippen molar-refractivity contribution in [1.82, 2.24) is 9.78 Å². The number of aryl methyl sites for hydroxylation is 1. The van der Waals surface area contributed by atoms with E-state index in [0.717, 1.165) is 25.7 Å². The molecular formula is C19H16BrClN2O2S. The molecule has 0 spiro atoms. The SMILES string of the molecule is Cc1nn(C(=O)COc2ccccc2Br)c(C)c1Sc1ccc(Cl)cc1. The van der Waals surface area contributed by atoms with Crippen molar-refractivity contribution in [2.24, 2.45) is 0 Å². The molecule has 3 aromatic rings. The molecule has 0 aliphatic heterocycles. The van der Waals surface area contributed by atoms with E-state index in [9.17, 15) is 4.79 Å². The van der Waals surface area contributed by atoms with Crippen LogP contribution < -0.4 is 4.74 Å². The van der Waals surface area contributed by atoms with E-state index < -0.39 is 0 Å². The Hall–Kier alpha value is -1.76. The lowest BCUT2D eigenvalue weighted by molar-refractivity contribution is 0.0817. The van der Waals surface area contributed by atoms with Crippen molar-refractivity contribution in [3.63, 3.8) is 0 Å². The third-order valence-corrected chi connectivity index (χ3v) is 5.89. The number of para-hydroxylation sites is 1. The minimum atomic E-state index is -0.218. The summed E-state index contributed by atoms with van der Waals surface area (Å²) in [6.07, 6.45) is 0. The minimum Gasteiger partial charge on any atom is -0.483 e. The fourth-order valence-corrected chi connectivity index (χ4v) is 3.86. The number of hydrogen-bond donors (Lipinski definition) is 0. The molecule has 26 heavy (non-hydrogen) atoms. The molecule has 0 radical (unpaired) electrons. The summed E-state index contributed by atoms with van der Waals surface area (Å²) in [5, 5.41) is 5.08. The van der Waals surface area contributed by atoms with E-state index in [4.69, 9.17) is 16.3 Å². The van der Waals surface area contributed by atoms with E-state index in [1.807, 2.05) is 56.3 Å². The molecule has 0 saturated heterocycles. The first-order valence-electron chi connectivity index (χ1n) is 7.86. The predicted octanol–water partition coefficient (Wildman–Crippen LogP) is 5.79. The van der Waals surface area contributed by atoms with E-state index in [1.165, 1.54) is 4.68 Å². The molecule has 1 heterocycles. The standard InChI is InChI=1S/C19H16BrClN2O2S/c1-12-19(26-15-9-7-14(21)8-10-15)13(2)23(22-12)18(24)11-25-17-6-4-3-5-16(17)20/h3-10H,11H2,1-2H3. The van der Waals surface area contributed by atoms with Gasteiger partial charge in [0.25, 0.3) is 5.91 Å². The summed E-state index contributed by atoms with van der Waals surface area (Å²) in [4.78, 5) is 14.5. The molecule has 134 valence electrons. The second-order valence-electron chi connectivity index (χ2n) is 5.58. The van der Waals surface area contributed by atoms with Gasteiger partial charge in [-0.1, -0.05) is 35.5 Å². The smallest absolute Gasteiger partial charge is 0.285 e. The zero-order chi connectivity index (χ0) is 18.7. The maximum atomic E-state index is 12.5. The van der Waals surface area contributed by atoms with Crippen LogP contribution in [0.4, 0.5) is 0 Å². The molecule has 7 heteroatoms. The van der Waals surface area contributed by atoms with Gasteiger partial charge in [-0.05, 0) is 66.2 Å². The largest absolute Gasteiger partial charge is 0.483 e. The highest BCUT2D eigenvalue weighted by Crippen LogP contribution is 2.33. The first-order valence-corrected chi connectivity index (χ1v) is 9.84. The second-order valence-corrected chi connectivity index (χ2v) is 7.96. The summed E-state index contributed by atoms with van der Waals surface area (Å²) in [6, 6.07) is 15.0. The number of benzene rings is 2. The van der Waals surface area contributed by atoms with E-state index in [1.54, 1.807) is 17.8 Å². The summed E-state index contributed by atoms with van der Waals surface area (Å²) >= 11 is 10.9. The minimum absolute atomic E-state index is 0.0877. The fraction of sp³-hybridized carbons (Fsp3) is 0.158. The maximum Gasteiger partial charge on any atom is 0.285 e. The van der Waals surface area contributed by atoms with Gasteiger partial charge >= 0.3 is 0 Å². The topological polar surface area (TPSA) is 44.1 Å². The number of carbonyl (C=O) groups is 1. The molecule has 4 nitrogen and oxygen atoms in total. The Morgan fingerprint density at radius 1 is 1.19 bits per heavy atom. The van der Waals surface area contributed by atoms with Crippen LogP contribution in [0.25, 0.3) is 0 Å². The van der Waals surface area contributed by atoms with Crippen LogP contribution in [0.1, 0.15) is 16.2 Å². The van der Waals surface area contributed by atoms with Gasteiger partial charge in [0.2, 0.25) is 0 Å². The molecule has 0 unspecified atom stereocenters. The molecule has 0 amide bonds. The van der Waals surface area contributed by atoms with E-state index >= 15 is 0 Å². The molecule has 0 atom stereocenters. The number of hydrogen-bond acceptors (Lipinski definition) is 4. The molecule has 1 aromatic heterocycles. The van der Waals surface area contributed by atoms with Gasteiger partial charge in [-0.25, -0.2) is 4.68 Å². The van der Waals surface area contributed by atoms with Gasteiger partial charge in [0, 0.05) is 9.92 Å². The van der Waals surface area contributed by atoms with E-state index in [2.05, 4.69) is 21.0 Å². The first-order chi connectivity index (χ1) is 12.5. The van der Waals surface area contributed by atoms with Crippen LogP contribution in [0, 0.1) is 13.8 Å². The third-order valence-electron chi connectivity index (χ3n) is 3.68. The van der Waals surface area contributed by atoms with E-state index in [-0.39, 0.29) is 12.5 Å². The van der Waals surface area contributed by atoms with E-state index in [0.29, 0.717) is 10.8 Å². The number of rotatable bonds is 5. The van der Waals surface area contributed by atoms with Gasteiger partial charge in [0.05, 0.1) is 20.8 Å². The zero-order valence-electron chi connectivity index (χ0n) is 14.2. The van der Waals surface area contributed by atoms with Crippen molar-refractivity contribution < 1.29 is 9.53 Å². The second kappa shape index (κ2) is 8.29. The molecule has 0 bridgehead atoms. The lowest BCUT2D eigenvalue weighted by Crippen LogP contribution is -2.21. The third kappa shape index (κ3) is 4.31. The van der Waals surface area contributed by atoms with Crippen LogP contribution in [0.15, 0.2) is 62.8 Å². The molecule has 0 N–H and O–H groups in total. The quantitative estimate of drug-likeness (QED) is 0.493. The Morgan fingerprint density at radius 3 is 2.58 bits per heavy atom. The predicted molar refractivity (Wildman–Crippen MR) is 108 cm³/mol. The summed E-state index contributed by atoms with van der Waals surface area (Å²) < 4.78 is 7.82. The molecule has 0 saturated carbocycles. The average Bonchev–Trinajstić information content (AvgIpc) is 2.91. The maximum absolute atomic E-state index is 12.5. The number of carbonyl (C=O) groups excluding carboxylic acids is 1. The van der Waals surface area contributed by atoms with Crippen LogP contribution in [-0.4, -0.2) is 22.3 Å². The van der Waals surface area contributed by atoms with Gasteiger partial charge in [0.1, 0.15) is 5.75 Å². The van der Waals surface area contributed by atoms with Crippen molar-refractivity contribution >= 4 is 45.2 Å². The Morgan fingerprint density at radius 2 is 1.88 bits per heavy atom. The normalized spacial score (nSPS) is 10.8. The Labute approximate surface area is 169 Å². The summed E-state index contributed by atoms with van der Waals surface area (Å²) in [7, 11) is 0. The molecular weight excluding hydrogens is 436 g/mol. The molecule has 2 aromatic carbocycles. The van der Waals surface area contributed by atoms with Crippen LogP contribution in [0.2, 0.25) is 5.02 Å². The molecule has 0 fully saturated rings. The van der Waals surface area contributed by atoms with Crippen molar-refractivity contribution in [2.45, 2.75) is 23.6 Å². The Kier molecular flexibility index (Phi) is 6.06. The van der Waals surface area contributed by atoms with Crippen LogP contribution in [0.5, 0.6) is 5.75 Å². The number of halogens is 2. The van der Waals surface area contributed by atoms with Crippen LogP contribution in [0.3, 0.4) is 0 Å². The summed E-state index contributed by atoms with van der Waals surface area (Å²) in [6.45, 7) is 3.69. The average molecular weight is 452 g/mol. The fourth-order valence-electron chi connectivity index (χ4n) is 2.40. The lowest BCUT2D eigenvalue weighted by Gasteiger charge is -2.08. The lowest BCUT2D eigenvalue weighted by atomic mass is 10.3. The Bertz CT molecular complexity index is 941. The molecule has 0 aliphatic rings.